The summed E-state index contributed by atoms with van der Waals surface area (Å²) in [5, 5.41) is 8.35. The highest BCUT2D eigenvalue weighted by molar-refractivity contribution is 5.68. The number of hydrogen-bond acceptors (Lipinski definition) is 2. The minimum absolute atomic E-state index is 0.00458. The predicted molar refractivity (Wildman–Crippen MR) is 43.9 cm³/mol. The molecule has 0 aliphatic rings. The first-order chi connectivity index (χ1) is 5.67. The van der Waals surface area contributed by atoms with Crippen molar-refractivity contribution in [2.75, 3.05) is 0 Å². The van der Waals surface area contributed by atoms with Gasteiger partial charge in [-0.2, -0.15) is 5.26 Å². The molecule has 12 heavy (non-hydrogen) atoms. The van der Waals surface area contributed by atoms with E-state index in [1.807, 2.05) is 0 Å². The summed E-state index contributed by atoms with van der Waals surface area (Å²) in [5.41, 5.74) is 0.272. The van der Waals surface area contributed by atoms with Crippen LogP contribution in [-0.4, -0.2) is 6.29 Å². The van der Waals surface area contributed by atoms with E-state index in [-0.39, 0.29) is 11.1 Å². The number of nitriles is 1. The second-order valence-corrected chi connectivity index (χ2v) is 2.23. The molecule has 3 heteroatoms. The van der Waals surface area contributed by atoms with Crippen molar-refractivity contribution in [3.8, 4) is 6.07 Å². The Kier molecular flexibility index (Phi) is 4.62. The first kappa shape index (κ1) is 10.6. The van der Waals surface area contributed by atoms with Gasteiger partial charge in [-0.1, -0.05) is 6.92 Å². The van der Waals surface area contributed by atoms with E-state index in [0.717, 1.165) is 6.08 Å². The van der Waals surface area contributed by atoms with Gasteiger partial charge >= 0.3 is 0 Å². The predicted octanol–water partition coefficient (Wildman–Crippen LogP) is 2.29. The van der Waals surface area contributed by atoms with E-state index >= 15 is 0 Å². The van der Waals surface area contributed by atoms with Crippen molar-refractivity contribution in [1.29, 1.82) is 5.26 Å². The fourth-order valence-corrected chi connectivity index (χ4v) is 0.718. The summed E-state index contributed by atoms with van der Waals surface area (Å²) in [7, 11) is 0. The minimum atomic E-state index is -0.591. The Morgan fingerprint density at radius 1 is 1.67 bits per heavy atom. The monoisotopic (exact) mass is 167 g/mol. The third-order valence-corrected chi connectivity index (χ3v) is 1.43. The lowest BCUT2D eigenvalue weighted by molar-refractivity contribution is -0.104. The van der Waals surface area contributed by atoms with E-state index in [0.29, 0.717) is 12.7 Å². The summed E-state index contributed by atoms with van der Waals surface area (Å²) in [6.45, 7) is 3.10. The van der Waals surface area contributed by atoms with Crippen molar-refractivity contribution in [3.63, 3.8) is 0 Å². The van der Waals surface area contributed by atoms with Gasteiger partial charge in [0, 0.05) is 0 Å². The van der Waals surface area contributed by atoms with E-state index < -0.39 is 5.83 Å². The fraction of sp³-hybridized carbons (Fsp3) is 0.333. The van der Waals surface area contributed by atoms with Crippen LogP contribution >= 0.6 is 0 Å². The molecular weight excluding hydrogens is 157 g/mol. The molecule has 0 spiro atoms. The number of carbonyl (C=O) groups excluding carboxylic acids is 1. The molecule has 0 saturated carbocycles. The quantitative estimate of drug-likeness (QED) is 0.280. The molecule has 0 saturated heterocycles. The number of halogens is 1. The first-order valence-corrected chi connectivity index (χ1v) is 3.58. The van der Waals surface area contributed by atoms with Crippen LogP contribution in [0, 0.1) is 11.3 Å². The Morgan fingerprint density at radius 2 is 2.25 bits per heavy atom. The van der Waals surface area contributed by atoms with Crippen molar-refractivity contribution in [1.82, 2.24) is 0 Å². The SMILES string of the molecule is CC/C(=C/C=O)C(F)=C(C)C#N. The third kappa shape index (κ3) is 2.67. The molecule has 0 aromatic carbocycles. The molecule has 0 atom stereocenters. The van der Waals surface area contributed by atoms with Crippen LogP contribution in [0.25, 0.3) is 0 Å². The second-order valence-electron chi connectivity index (χ2n) is 2.23. The lowest BCUT2D eigenvalue weighted by Crippen LogP contribution is -1.86. The summed E-state index contributed by atoms with van der Waals surface area (Å²) < 4.78 is 13.1. The van der Waals surface area contributed by atoms with Crippen molar-refractivity contribution in [2.24, 2.45) is 0 Å². The van der Waals surface area contributed by atoms with Crippen LogP contribution in [0.4, 0.5) is 4.39 Å². The minimum Gasteiger partial charge on any atom is -0.299 e. The number of rotatable bonds is 3. The largest absolute Gasteiger partial charge is 0.299 e. The van der Waals surface area contributed by atoms with Gasteiger partial charge in [0.1, 0.15) is 12.1 Å². The van der Waals surface area contributed by atoms with E-state index in [1.165, 1.54) is 6.92 Å². The molecule has 0 bridgehead atoms. The summed E-state index contributed by atoms with van der Waals surface area (Å²) >= 11 is 0. The number of nitrogens with zero attached hydrogens (tertiary/aromatic N) is 1. The Hall–Kier alpha value is -1.43. The van der Waals surface area contributed by atoms with Gasteiger partial charge in [0.05, 0.1) is 11.6 Å². The van der Waals surface area contributed by atoms with Gasteiger partial charge in [-0.3, -0.25) is 4.79 Å². The smallest absolute Gasteiger partial charge is 0.143 e. The molecule has 0 amide bonds. The topological polar surface area (TPSA) is 40.9 Å². The van der Waals surface area contributed by atoms with Crippen molar-refractivity contribution in [3.05, 3.63) is 23.0 Å². The maximum atomic E-state index is 13.1. The Morgan fingerprint density at radius 3 is 2.58 bits per heavy atom. The molecule has 0 aromatic heterocycles. The zero-order valence-electron chi connectivity index (χ0n) is 7.10. The molecule has 0 N–H and O–H groups in total. The molecule has 0 radical (unpaired) electrons. The highest BCUT2D eigenvalue weighted by Gasteiger charge is 2.05. The van der Waals surface area contributed by atoms with Gasteiger partial charge in [-0.15, -0.1) is 0 Å². The average molecular weight is 167 g/mol. The summed E-state index contributed by atoms with van der Waals surface area (Å²) in [6.07, 6.45) is 2.06. The Bertz CT molecular complexity index is 271. The zero-order chi connectivity index (χ0) is 9.56. The van der Waals surface area contributed by atoms with E-state index in [2.05, 4.69) is 0 Å². The van der Waals surface area contributed by atoms with Gasteiger partial charge in [-0.25, -0.2) is 4.39 Å². The van der Waals surface area contributed by atoms with Gasteiger partial charge in [0.15, 0.2) is 0 Å². The van der Waals surface area contributed by atoms with Crippen LogP contribution in [0.15, 0.2) is 23.0 Å². The average Bonchev–Trinajstić information content (AvgIpc) is 2.11. The van der Waals surface area contributed by atoms with Crippen LogP contribution in [0.3, 0.4) is 0 Å². The Balaban J connectivity index is 4.90. The first-order valence-electron chi connectivity index (χ1n) is 3.58. The molecule has 0 rings (SSSR count). The molecule has 0 unspecified atom stereocenters. The second kappa shape index (κ2) is 5.25. The Labute approximate surface area is 71.0 Å². The van der Waals surface area contributed by atoms with E-state index in [4.69, 9.17) is 5.26 Å². The number of hydrogen-bond donors (Lipinski definition) is 0. The van der Waals surface area contributed by atoms with Crippen LogP contribution in [0.1, 0.15) is 20.3 Å². The number of carbonyl (C=O) groups is 1. The van der Waals surface area contributed by atoms with Gasteiger partial charge in [-0.05, 0) is 25.0 Å². The highest BCUT2D eigenvalue weighted by atomic mass is 19.1. The van der Waals surface area contributed by atoms with Gasteiger partial charge in [0.25, 0.3) is 0 Å². The maximum absolute atomic E-state index is 13.1. The number of allylic oxidation sites excluding steroid dienone is 4. The van der Waals surface area contributed by atoms with E-state index in [1.54, 1.807) is 13.0 Å². The third-order valence-electron chi connectivity index (χ3n) is 1.43. The van der Waals surface area contributed by atoms with Crippen LogP contribution in [0.5, 0.6) is 0 Å². The summed E-state index contributed by atoms with van der Waals surface area (Å²) in [5.74, 6) is -0.591. The molecule has 0 aliphatic carbocycles. The molecular formula is C9H10FNO. The molecule has 0 heterocycles. The van der Waals surface area contributed by atoms with Crippen LogP contribution in [-0.2, 0) is 4.79 Å². The van der Waals surface area contributed by atoms with Crippen LogP contribution < -0.4 is 0 Å². The standard InChI is InChI=1S/C9H10FNO/c1-3-8(4-5-12)9(10)7(2)6-11/h4-5H,3H2,1-2H3/b8-4-,9-7?. The molecule has 0 aliphatic heterocycles. The molecule has 0 aromatic rings. The van der Waals surface area contributed by atoms with Gasteiger partial charge in [0.2, 0.25) is 0 Å². The fourth-order valence-electron chi connectivity index (χ4n) is 0.718. The van der Waals surface area contributed by atoms with Crippen molar-refractivity contribution >= 4 is 6.29 Å². The lowest BCUT2D eigenvalue weighted by atomic mass is 10.1. The zero-order valence-corrected chi connectivity index (χ0v) is 7.10. The highest BCUT2D eigenvalue weighted by Crippen LogP contribution is 2.18. The van der Waals surface area contributed by atoms with E-state index in [9.17, 15) is 9.18 Å². The molecule has 2 nitrogen and oxygen atoms in total. The van der Waals surface area contributed by atoms with Gasteiger partial charge < -0.3 is 0 Å². The van der Waals surface area contributed by atoms with Crippen molar-refractivity contribution in [2.45, 2.75) is 20.3 Å². The van der Waals surface area contributed by atoms with Crippen molar-refractivity contribution < 1.29 is 9.18 Å². The van der Waals surface area contributed by atoms with Crippen LogP contribution in [0.2, 0.25) is 0 Å². The molecule has 64 valence electrons. The summed E-state index contributed by atoms with van der Waals surface area (Å²) in [4.78, 5) is 10.0. The lowest BCUT2D eigenvalue weighted by Gasteiger charge is -1.99. The number of aldehydes is 1. The summed E-state index contributed by atoms with van der Waals surface area (Å²) in [6, 6.07) is 1.69. The maximum Gasteiger partial charge on any atom is 0.143 e. The normalized spacial score (nSPS) is 13.3. The molecule has 0 fully saturated rings.